The van der Waals surface area contributed by atoms with E-state index in [2.05, 4.69) is 24.0 Å². The summed E-state index contributed by atoms with van der Waals surface area (Å²) in [7, 11) is -3.84. The van der Waals surface area contributed by atoms with E-state index >= 15 is 0 Å². The Balaban J connectivity index is 0.00000387. The van der Waals surface area contributed by atoms with Gasteiger partial charge >= 0.3 is 0 Å². The minimum Gasteiger partial charge on any atom is -0.370 e. The number of piperidine rings is 1. The van der Waals surface area contributed by atoms with Crippen molar-refractivity contribution in [1.29, 1.82) is 5.26 Å². The van der Waals surface area contributed by atoms with Crippen molar-refractivity contribution in [2.45, 2.75) is 38.5 Å². The van der Waals surface area contributed by atoms with Crippen LogP contribution in [0.5, 0.6) is 0 Å². The van der Waals surface area contributed by atoms with Gasteiger partial charge in [0.05, 0.1) is 16.9 Å². The largest absolute Gasteiger partial charge is 0.370 e. The van der Waals surface area contributed by atoms with Gasteiger partial charge in [-0.1, -0.05) is 37.8 Å². The number of nitrogens with two attached hydrogens (primary N) is 1. The molecular formula is C32H39N5O3S. The molecule has 2 aliphatic rings. The quantitative estimate of drug-likeness (QED) is 0.463. The van der Waals surface area contributed by atoms with Crippen LogP contribution in [0.3, 0.4) is 0 Å². The van der Waals surface area contributed by atoms with E-state index in [4.69, 9.17) is 5.14 Å². The van der Waals surface area contributed by atoms with Crippen LogP contribution in [0.1, 0.15) is 47.3 Å². The van der Waals surface area contributed by atoms with Gasteiger partial charge in [-0.3, -0.25) is 4.79 Å². The number of carbonyl (C=O) groups is 1. The molecule has 0 aromatic heterocycles. The van der Waals surface area contributed by atoms with Crippen molar-refractivity contribution in [2.75, 3.05) is 49.1 Å². The number of para-hydroxylation sites is 2. The standard InChI is InChI=1S/C31H35N5O3S.CH4/c1-23-10-11-25(21-27(23)20-24-12-14-34(15-13-24)28-7-3-2-6-26(28)22-32)31(37)36-18-16-35(17-19-36)29-8-4-5-9-30(29)40(33,38)39;/h2-11,21,24H,12-20H2,1H3,(H2,33,38,39);1H4. The van der Waals surface area contributed by atoms with Gasteiger partial charge in [0.2, 0.25) is 10.0 Å². The Hall–Kier alpha value is -3.87. The third-order valence-electron chi connectivity index (χ3n) is 8.16. The second kappa shape index (κ2) is 12.8. The Labute approximate surface area is 244 Å². The lowest BCUT2D eigenvalue weighted by atomic mass is 9.87. The van der Waals surface area contributed by atoms with Gasteiger partial charge in [-0.05, 0) is 79.6 Å². The lowest BCUT2D eigenvalue weighted by Gasteiger charge is -2.37. The molecule has 3 aromatic carbocycles. The Morgan fingerprint density at radius 1 is 0.902 bits per heavy atom. The van der Waals surface area contributed by atoms with E-state index in [1.807, 2.05) is 46.2 Å². The number of amides is 1. The maximum absolute atomic E-state index is 13.4. The Kier molecular flexibility index (Phi) is 9.36. The number of primary sulfonamides is 1. The summed E-state index contributed by atoms with van der Waals surface area (Å²) in [6.07, 6.45) is 3.01. The number of sulfonamides is 1. The summed E-state index contributed by atoms with van der Waals surface area (Å²) in [5.74, 6) is 0.528. The maximum Gasteiger partial charge on any atom is 0.253 e. The summed E-state index contributed by atoms with van der Waals surface area (Å²) in [5, 5.41) is 14.9. The van der Waals surface area contributed by atoms with Gasteiger partial charge in [0.1, 0.15) is 11.0 Å². The number of nitriles is 1. The molecule has 0 saturated carbocycles. The van der Waals surface area contributed by atoms with Crippen LogP contribution in [0.15, 0.2) is 71.6 Å². The van der Waals surface area contributed by atoms with Crippen molar-refractivity contribution in [3.63, 3.8) is 0 Å². The van der Waals surface area contributed by atoms with Crippen LogP contribution in [0.25, 0.3) is 0 Å². The fourth-order valence-electron chi connectivity index (χ4n) is 5.85. The lowest BCUT2D eigenvalue weighted by Crippen LogP contribution is -2.49. The van der Waals surface area contributed by atoms with Crippen molar-refractivity contribution < 1.29 is 13.2 Å². The number of anilines is 2. The van der Waals surface area contributed by atoms with Crippen molar-refractivity contribution in [2.24, 2.45) is 11.1 Å². The molecule has 2 heterocycles. The number of piperazine rings is 1. The van der Waals surface area contributed by atoms with E-state index in [-0.39, 0.29) is 18.2 Å². The number of aryl methyl sites for hydroxylation is 1. The van der Waals surface area contributed by atoms with Gasteiger partial charge in [0.15, 0.2) is 0 Å². The van der Waals surface area contributed by atoms with E-state index in [0.29, 0.717) is 43.3 Å². The molecule has 0 unspecified atom stereocenters. The molecule has 1 amide bonds. The van der Waals surface area contributed by atoms with Crippen molar-refractivity contribution in [3.8, 4) is 6.07 Å². The third-order valence-corrected chi connectivity index (χ3v) is 9.12. The molecule has 2 saturated heterocycles. The monoisotopic (exact) mass is 573 g/mol. The Morgan fingerprint density at radius 3 is 2.17 bits per heavy atom. The predicted molar refractivity (Wildman–Crippen MR) is 164 cm³/mol. The molecule has 9 heteroatoms. The lowest BCUT2D eigenvalue weighted by molar-refractivity contribution is 0.0746. The molecule has 8 nitrogen and oxygen atoms in total. The average molecular weight is 574 g/mol. The van der Waals surface area contributed by atoms with Crippen LogP contribution in [0.4, 0.5) is 11.4 Å². The maximum atomic E-state index is 13.4. The normalized spacial score (nSPS) is 16.2. The Morgan fingerprint density at radius 2 is 1.51 bits per heavy atom. The highest BCUT2D eigenvalue weighted by molar-refractivity contribution is 7.89. The summed E-state index contributed by atoms with van der Waals surface area (Å²) in [4.78, 5) is 19.7. The van der Waals surface area contributed by atoms with Gasteiger partial charge < -0.3 is 14.7 Å². The topological polar surface area (TPSA) is 111 Å². The van der Waals surface area contributed by atoms with Crippen LogP contribution >= 0.6 is 0 Å². The van der Waals surface area contributed by atoms with Crippen LogP contribution in [-0.2, 0) is 16.4 Å². The number of benzene rings is 3. The molecule has 41 heavy (non-hydrogen) atoms. The summed E-state index contributed by atoms with van der Waals surface area (Å²) in [5.41, 5.74) is 5.41. The van der Waals surface area contributed by atoms with E-state index < -0.39 is 10.0 Å². The molecule has 216 valence electrons. The average Bonchev–Trinajstić information content (AvgIpc) is 2.98. The molecule has 2 aliphatic heterocycles. The van der Waals surface area contributed by atoms with Crippen LogP contribution < -0.4 is 14.9 Å². The highest BCUT2D eigenvalue weighted by Gasteiger charge is 2.27. The molecular weight excluding hydrogens is 534 g/mol. The molecule has 0 radical (unpaired) electrons. The number of hydrogen-bond donors (Lipinski definition) is 1. The van der Waals surface area contributed by atoms with E-state index in [9.17, 15) is 18.5 Å². The minimum absolute atomic E-state index is 0. The number of hydrogen-bond acceptors (Lipinski definition) is 6. The molecule has 5 rings (SSSR count). The molecule has 0 atom stereocenters. The SMILES string of the molecule is C.Cc1ccc(C(=O)N2CCN(c3ccccc3S(N)(=O)=O)CC2)cc1CC1CCN(c2ccccc2C#N)CC1. The smallest absolute Gasteiger partial charge is 0.253 e. The second-order valence-corrected chi connectivity index (χ2v) is 12.2. The summed E-state index contributed by atoms with van der Waals surface area (Å²) in [6.45, 7) is 6.01. The van der Waals surface area contributed by atoms with Crippen LogP contribution in [-0.4, -0.2) is 58.5 Å². The number of rotatable bonds is 6. The summed E-state index contributed by atoms with van der Waals surface area (Å²) >= 11 is 0. The van der Waals surface area contributed by atoms with Crippen molar-refractivity contribution in [1.82, 2.24) is 4.90 Å². The first-order valence-corrected chi connectivity index (χ1v) is 15.3. The van der Waals surface area contributed by atoms with Gasteiger partial charge in [-0.25, -0.2) is 13.6 Å². The van der Waals surface area contributed by atoms with Crippen LogP contribution in [0, 0.1) is 24.2 Å². The predicted octanol–water partition coefficient (Wildman–Crippen LogP) is 4.57. The van der Waals surface area contributed by atoms with Gasteiger partial charge in [-0.2, -0.15) is 5.26 Å². The molecule has 3 aromatic rings. The zero-order valence-electron chi connectivity index (χ0n) is 22.8. The molecule has 2 fully saturated rings. The summed E-state index contributed by atoms with van der Waals surface area (Å²) in [6, 6.07) is 22.8. The van der Waals surface area contributed by atoms with Gasteiger partial charge in [0.25, 0.3) is 5.91 Å². The van der Waals surface area contributed by atoms with Gasteiger partial charge in [0, 0.05) is 44.8 Å². The highest BCUT2D eigenvalue weighted by atomic mass is 32.2. The fraction of sp³-hybridized carbons (Fsp3) is 0.375. The Bertz CT molecular complexity index is 1530. The first-order chi connectivity index (χ1) is 19.2. The molecule has 2 N–H and O–H groups in total. The zero-order valence-corrected chi connectivity index (χ0v) is 23.6. The number of carbonyl (C=O) groups excluding carboxylic acids is 1. The van der Waals surface area contributed by atoms with Crippen LogP contribution in [0.2, 0.25) is 0 Å². The highest BCUT2D eigenvalue weighted by Crippen LogP contribution is 2.29. The fourth-order valence-corrected chi connectivity index (χ4v) is 6.61. The van der Waals surface area contributed by atoms with E-state index in [1.165, 1.54) is 17.2 Å². The molecule has 0 aliphatic carbocycles. The first-order valence-electron chi connectivity index (χ1n) is 13.7. The van der Waals surface area contributed by atoms with Crippen molar-refractivity contribution in [3.05, 3.63) is 89.0 Å². The van der Waals surface area contributed by atoms with Crippen molar-refractivity contribution >= 4 is 27.3 Å². The molecule has 0 bridgehead atoms. The first kappa shape index (κ1) is 30.1. The van der Waals surface area contributed by atoms with Gasteiger partial charge in [-0.15, -0.1) is 0 Å². The number of nitrogens with zero attached hydrogens (tertiary/aromatic N) is 4. The minimum atomic E-state index is -3.84. The third kappa shape index (κ3) is 6.72. The summed E-state index contributed by atoms with van der Waals surface area (Å²) < 4.78 is 24.1. The molecule has 0 spiro atoms. The zero-order chi connectivity index (χ0) is 28.3. The second-order valence-electron chi connectivity index (χ2n) is 10.7. The van der Waals surface area contributed by atoms with E-state index in [0.717, 1.165) is 43.6 Å². The van der Waals surface area contributed by atoms with E-state index in [1.54, 1.807) is 18.2 Å².